The summed E-state index contributed by atoms with van der Waals surface area (Å²) in [4.78, 5) is 2.07. The van der Waals surface area contributed by atoms with Gasteiger partial charge in [0.2, 0.25) is 0 Å². The van der Waals surface area contributed by atoms with Gasteiger partial charge in [-0.15, -0.1) is 0 Å². The largest absolute Gasteiger partial charge is 0.484 e. The normalized spacial score (nSPS) is 11.7. The fraction of sp³-hybridized carbons (Fsp3) is 0.368. The Morgan fingerprint density at radius 3 is 2.32 bits per heavy atom. The van der Waals surface area contributed by atoms with Crippen molar-refractivity contribution in [1.29, 1.82) is 0 Å². The Morgan fingerprint density at radius 2 is 1.64 bits per heavy atom. The topological polar surface area (TPSA) is 32.7 Å². The zero-order valence-corrected chi connectivity index (χ0v) is 13.9. The summed E-state index contributed by atoms with van der Waals surface area (Å²) in [6, 6.07) is 16.6. The van der Waals surface area contributed by atoms with E-state index in [0.29, 0.717) is 13.1 Å². The lowest BCUT2D eigenvalue weighted by molar-refractivity contribution is -0.153. The highest BCUT2D eigenvalue weighted by Gasteiger charge is 2.28. The molecule has 2 aromatic carbocycles. The van der Waals surface area contributed by atoms with Crippen LogP contribution >= 0.6 is 0 Å². The zero-order chi connectivity index (χ0) is 18.1. The van der Waals surface area contributed by atoms with Gasteiger partial charge in [-0.05, 0) is 29.7 Å². The Morgan fingerprint density at radius 1 is 0.920 bits per heavy atom. The molecule has 0 aliphatic carbocycles. The van der Waals surface area contributed by atoms with E-state index in [1.807, 2.05) is 36.4 Å². The van der Waals surface area contributed by atoms with E-state index in [-0.39, 0.29) is 12.4 Å². The number of hydrogen-bond donors (Lipinski definition) is 1. The van der Waals surface area contributed by atoms with Crippen LogP contribution in [0.4, 0.5) is 13.2 Å². The van der Waals surface area contributed by atoms with E-state index in [2.05, 4.69) is 4.90 Å². The van der Waals surface area contributed by atoms with E-state index in [0.717, 1.165) is 18.5 Å². The molecule has 0 heterocycles. The minimum absolute atomic E-state index is 0.0268. The molecule has 0 spiro atoms. The Hall–Kier alpha value is -2.05. The fourth-order valence-electron chi connectivity index (χ4n) is 2.50. The molecule has 1 N–H and O–H groups in total. The van der Waals surface area contributed by atoms with Crippen molar-refractivity contribution in [3.05, 3.63) is 65.7 Å². The Balaban J connectivity index is 1.94. The molecule has 0 amide bonds. The van der Waals surface area contributed by atoms with Crippen molar-refractivity contribution >= 4 is 0 Å². The molecule has 0 saturated carbocycles. The minimum Gasteiger partial charge on any atom is -0.484 e. The highest BCUT2D eigenvalue weighted by Crippen LogP contribution is 2.20. The van der Waals surface area contributed by atoms with E-state index in [1.54, 1.807) is 12.1 Å². The lowest BCUT2D eigenvalue weighted by atomic mass is 10.1. The molecule has 3 nitrogen and oxygen atoms in total. The average molecular weight is 353 g/mol. The van der Waals surface area contributed by atoms with Gasteiger partial charge in [-0.1, -0.05) is 42.5 Å². The first-order chi connectivity index (χ1) is 12.0. The standard InChI is InChI=1S/C19H22F3NO2/c20-19(21,22)15-25-18-8-4-7-17(13-18)14-23(11-12-24)10-9-16-5-2-1-3-6-16/h1-8,13,24H,9-12,14-15H2. The third-order valence-electron chi connectivity index (χ3n) is 3.68. The predicted octanol–water partition coefficient (Wildman–Crippen LogP) is 3.66. The number of nitrogens with zero attached hydrogens (tertiary/aromatic N) is 1. The van der Waals surface area contributed by atoms with Crippen LogP contribution in [0, 0.1) is 0 Å². The first kappa shape index (κ1) is 19.3. The third kappa shape index (κ3) is 7.58. The van der Waals surface area contributed by atoms with Crippen LogP contribution in [0.25, 0.3) is 0 Å². The van der Waals surface area contributed by atoms with Crippen molar-refractivity contribution in [2.24, 2.45) is 0 Å². The summed E-state index contributed by atoms with van der Waals surface area (Å²) in [7, 11) is 0. The van der Waals surface area contributed by atoms with Crippen LogP contribution in [0.3, 0.4) is 0 Å². The fourth-order valence-corrected chi connectivity index (χ4v) is 2.50. The van der Waals surface area contributed by atoms with Crippen LogP contribution in [0.5, 0.6) is 5.75 Å². The van der Waals surface area contributed by atoms with E-state index in [1.165, 1.54) is 11.6 Å². The van der Waals surface area contributed by atoms with Gasteiger partial charge in [0.1, 0.15) is 5.75 Å². The number of ether oxygens (including phenoxy) is 1. The second kappa shape index (κ2) is 9.44. The Kier molecular flexibility index (Phi) is 7.28. The summed E-state index contributed by atoms with van der Waals surface area (Å²) in [6.45, 7) is 0.513. The molecule has 0 aliphatic heterocycles. The van der Waals surface area contributed by atoms with Gasteiger partial charge in [0.05, 0.1) is 6.61 Å². The van der Waals surface area contributed by atoms with Crippen molar-refractivity contribution < 1.29 is 23.0 Å². The molecular weight excluding hydrogens is 331 g/mol. The van der Waals surface area contributed by atoms with Crippen LogP contribution in [0.2, 0.25) is 0 Å². The van der Waals surface area contributed by atoms with Crippen LogP contribution in [0.15, 0.2) is 54.6 Å². The van der Waals surface area contributed by atoms with Crippen LogP contribution in [-0.2, 0) is 13.0 Å². The summed E-state index contributed by atoms with van der Waals surface area (Å²) < 4.78 is 41.5. The van der Waals surface area contributed by atoms with E-state index in [4.69, 9.17) is 4.74 Å². The molecule has 0 bridgehead atoms. The highest BCUT2D eigenvalue weighted by atomic mass is 19.4. The summed E-state index contributed by atoms with van der Waals surface area (Å²) in [5, 5.41) is 9.25. The van der Waals surface area contributed by atoms with Gasteiger partial charge < -0.3 is 9.84 Å². The molecule has 0 aromatic heterocycles. The van der Waals surface area contributed by atoms with Crippen molar-refractivity contribution in [3.8, 4) is 5.75 Å². The summed E-state index contributed by atoms with van der Waals surface area (Å²) in [5.41, 5.74) is 2.05. The third-order valence-corrected chi connectivity index (χ3v) is 3.68. The average Bonchev–Trinajstić information content (AvgIpc) is 2.59. The van der Waals surface area contributed by atoms with E-state index >= 15 is 0 Å². The second-order valence-corrected chi connectivity index (χ2v) is 5.79. The number of rotatable bonds is 9. The first-order valence-electron chi connectivity index (χ1n) is 8.12. The number of alkyl halides is 3. The SMILES string of the molecule is OCCN(CCc1ccccc1)Cc1cccc(OCC(F)(F)F)c1. The molecule has 0 saturated heterocycles. The van der Waals surface area contributed by atoms with Crippen LogP contribution in [-0.4, -0.2) is 42.5 Å². The van der Waals surface area contributed by atoms with Crippen molar-refractivity contribution in [2.75, 3.05) is 26.3 Å². The van der Waals surface area contributed by atoms with Gasteiger partial charge in [0.15, 0.2) is 6.61 Å². The van der Waals surface area contributed by atoms with Gasteiger partial charge in [-0.3, -0.25) is 4.90 Å². The smallest absolute Gasteiger partial charge is 0.422 e. The van der Waals surface area contributed by atoms with E-state index in [9.17, 15) is 18.3 Å². The number of aliphatic hydroxyl groups is 1. The van der Waals surface area contributed by atoms with Gasteiger partial charge >= 0.3 is 6.18 Å². The lowest BCUT2D eigenvalue weighted by Gasteiger charge is -2.22. The molecule has 0 aliphatic rings. The first-order valence-corrected chi connectivity index (χ1v) is 8.12. The quantitative estimate of drug-likeness (QED) is 0.747. The number of aliphatic hydroxyl groups excluding tert-OH is 1. The molecule has 136 valence electrons. The molecule has 0 radical (unpaired) electrons. The van der Waals surface area contributed by atoms with Crippen molar-refractivity contribution in [3.63, 3.8) is 0 Å². The van der Waals surface area contributed by atoms with Crippen molar-refractivity contribution in [1.82, 2.24) is 4.90 Å². The number of hydrogen-bond acceptors (Lipinski definition) is 3. The van der Waals surface area contributed by atoms with Gasteiger partial charge in [0.25, 0.3) is 0 Å². The number of halogens is 3. The molecule has 0 unspecified atom stereocenters. The molecule has 6 heteroatoms. The predicted molar refractivity (Wildman–Crippen MR) is 90.5 cm³/mol. The minimum atomic E-state index is -4.35. The summed E-state index contributed by atoms with van der Waals surface area (Å²) in [6.07, 6.45) is -3.51. The maximum atomic E-state index is 12.3. The molecule has 0 atom stereocenters. The summed E-state index contributed by atoms with van der Waals surface area (Å²) in [5.74, 6) is 0.196. The number of benzene rings is 2. The van der Waals surface area contributed by atoms with Crippen LogP contribution in [0.1, 0.15) is 11.1 Å². The monoisotopic (exact) mass is 353 g/mol. The maximum Gasteiger partial charge on any atom is 0.422 e. The zero-order valence-electron chi connectivity index (χ0n) is 13.9. The molecule has 25 heavy (non-hydrogen) atoms. The molecule has 2 rings (SSSR count). The van der Waals surface area contributed by atoms with Gasteiger partial charge in [-0.25, -0.2) is 0 Å². The maximum absolute atomic E-state index is 12.3. The van der Waals surface area contributed by atoms with Crippen molar-refractivity contribution in [2.45, 2.75) is 19.1 Å². The van der Waals surface area contributed by atoms with Crippen LogP contribution < -0.4 is 4.74 Å². The lowest BCUT2D eigenvalue weighted by Crippen LogP contribution is -2.28. The Labute approximate surface area is 145 Å². The second-order valence-electron chi connectivity index (χ2n) is 5.79. The van der Waals surface area contributed by atoms with Gasteiger partial charge in [-0.2, -0.15) is 13.2 Å². The molecular formula is C19H22F3NO2. The molecule has 0 fully saturated rings. The van der Waals surface area contributed by atoms with Gasteiger partial charge in [0, 0.05) is 19.6 Å². The Bertz CT molecular complexity index is 632. The van der Waals surface area contributed by atoms with E-state index < -0.39 is 12.8 Å². The highest BCUT2D eigenvalue weighted by molar-refractivity contribution is 5.28. The summed E-state index contributed by atoms with van der Waals surface area (Å²) >= 11 is 0. The molecule has 2 aromatic rings.